The fourth-order valence-corrected chi connectivity index (χ4v) is 5.93. The van der Waals surface area contributed by atoms with E-state index in [1.54, 1.807) is 24.6 Å². The summed E-state index contributed by atoms with van der Waals surface area (Å²) in [6.07, 6.45) is 29.7. The monoisotopic (exact) mass is 676 g/mol. The number of fused-ring (bicyclic) bond motifs is 3. The molecule has 0 aliphatic carbocycles. The Morgan fingerprint density at radius 1 is 1.20 bits per heavy atom. The fraction of sp³-hybridized carbons (Fsp3) is 0.390. The molecule has 0 spiro atoms. The summed E-state index contributed by atoms with van der Waals surface area (Å²) in [6.45, 7) is 20.2. The van der Waals surface area contributed by atoms with E-state index in [1.807, 2.05) is 43.3 Å². The average molecular weight is 677 g/mol. The van der Waals surface area contributed by atoms with Crippen molar-refractivity contribution in [2.24, 2.45) is 9.98 Å². The summed E-state index contributed by atoms with van der Waals surface area (Å²) in [5.41, 5.74) is 12.4. The maximum atomic E-state index is 9.92. The number of aromatic nitrogens is 1. The number of anilines is 1. The lowest BCUT2D eigenvalue weighted by Crippen LogP contribution is -2.38. The Morgan fingerprint density at radius 3 is 2.78 bits per heavy atom. The largest absolute Gasteiger partial charge is 0.355 e. The minimum absolute atomic E-state index is 0.209. The van der Waals surface area contributed by atoms with Crippen LogP contribution in [-0.2, 0) is 4.79 Å². The SMILES string of the molecule is C=C/C=C(\C=C)c1cc2c(nc1C(/C=C\CCN1CCCC(NC)CC1)=C/CC)N1NC(C)C=C1N=C2.CC.O=CNCC1=CC=NC=C=C1. The first-order valence-corrected chi connectivity index (χ1v) is 17.9. The Morgan fingerprint density at radius 2 is 2.04 bits per heavy atom. The Kier molecular flexibility index (Phi) is 17.6. The highest BCUT2D eigenvalue weighted by atomic mass is 16.1. The Labute approximate surface area is 300 Å². The van der Waals surface area contributed by atoms with Gasteiger partial charge in [-0.1, -0.05) is 70.4 Å². The van der Waals surface area contributed by atoms with Crippen LogP contribution >= 0.6 is 0 Å². The molecule has 1 aromatic rings. The van der Waals surface area contributed by atoms with Crippen LogP contribution < -0.4 is 21.1 Å². The molecule has 50 heavy (non-hydrogen) atoms. The molecular weight excluding hydrogens is 621 g/mol. The first-order chi connectivity index (χ1) is 24.5. The molecule has 0 saturated carbocycles. The first kappa shape index (κ1) is 39.8. The first-order valence-electron chi connectivity index (χ1n) is 17.9. The van der Waals surface area contributed by atoms with Crippen molar-refractivity contribution in [3.63, 3.8) is 0 Å². The maximum Gasteiger partial charge on any atom is 0.207 e. The van der Waals surface area contributed by atoms with Gasteiger partial charge in [0.05, 0.1) is 11.9 Å². The number of carbonyl (C=O) groups is 1. The number of amides is 1. The van der Waals surface area contributed by atoms with Crippen molar-refractivity contribution in [3.05, 3.63) is 114 Å². The molecule has 1 saturated heterocycles. The van der Waals surface area contributed by atoms with Crippen LogP contribution in [0.4, 0.5) is 5.82 Å². The number of nitrogens with one attached hydrogen (secondary N) is 3. The van der Waals surface area contributed by atoms with Crippen molar-refractivity contribution in [2.75, 3.05) is 38.2 Å². The normalized spacial score (nSPS) is 19.9. The van der Waals surface area contributed by atoms with Gasteiger partial charge in [0, 0.05) is 48.7 Å². The molecule has 5 rings (SSSR count). The van der Waals surface area contributed by atoms with E-state index >= 15 is 0 Å². The van der Waals surface area contributed by atoms with E-state index < -0.39 is 0 Å². The number of hydrazine groups is 1. The van der Waals surface area contributed by atoms with Crippen molar-refractivity contribution in [1.82, 2.24) is 25.9 Å². The van der Waals surface area contributed by atoms with Gasteiger partial charge in [-0.05, 0) is 100 Å². The van der Waals surface area contributed by atoms with E-state index in [9.17, 15) is 4.79 Å². The standard InChI is InChI=1S/C31H42N6.C8H8N2O.C2H6/c1-6-12-24(8-3)28-21-26-22-33-29-20-23(4)35-37(29)31(26)34-30(28)25(13-7-2)14-9-10-17-36-18-11-15-27(32-5)16-19-36;11-7-10-6-8-2-1-4-9-5-3-8;1-2/h6,8-9,12-14,20-23,27,32,35H,1,3,7,10-11,15-19H2,2,4-5H3;2-5,7H,6H2,(H,10,11);1-2H3/b14-9-,24-12+,25-13+;;. The Bertz CT molecular complexity index is 1590. The summed E-state index contributed by atoms with van der Waals surface area (Å²) in [6, 6.07) is 3.04. The van der Waals surface area contributed by atoms with Gasteiger partial charge >= 0.3 is 0 Å². The quantitative estimate of drug-likeness (QED) is 0.118. The van der Waals surface area contributed by atoms with Gasteiger partial charge in [0.1, 0.15) is 5.82 Å². The van der Waals surface area contributed by atoms with E-state index in [0.29, 0.717) is 19.0 Å². The summed E-state index contributed by atoms with van der Waals surface area (Å²) >= 11 is 0. The zero-order valence-corrected chi connectivity index (χ0v) is 30.7. The molecule has 1 fully saturated rings. The predicted octanol–water partition coefficient (Wildman–Crippen LogP) is 7.08. The number of rotatable bonds is 13. The predicted molar refractivity (Wildman–Crippen MR) is 213 cm³/mol. The number of hydrogen-bond acceptors (Lipinski definition) is 8. The Hall–Kier alpha value is -4.66. The smallest absolute Gasteiger partial charge is 0.207 e. The second kappa shape index (κ2) is 22.1. The van der Waals surface area contributed by atoms with Gasteiger partial charge in [0.25, 0.3) is 0 Å². The van der Waals surface area contributed by atoms with Gasteiger partial charge in [-0.15, -0.1) is 5.73 Å². The van der Waals surface area contributed by atoms with Crippen molar-refractivity contribution in [2.45, 2.75) is 71.9 Å². The van der Waals surface area contributed by atoms with Gasteiger partial charge in [-0.3, -0.25) is 9.79 Å². The molecule has 1 aromatic heterocycles. The second-order valence-corrected chi connectivity index (χ2v) is 11.9. The molecule has 266 valence electrons. The van der Waals surface area contributed by atoms with Crippen molar-refractivity contribution in [3.8, 4) is 0 Å². The molecule has 0 aromatic carbocycles. The van der Waals surface area contributed by atoms with Gasteiger partial charge in [-0.2, -0.15) is 0 Å². The molecule has 4 aliphatic heterocycles. The van der Waals surface area contributed by atoms with E-state index in [0.717, 1.165) is 64.6 Å². The number of nitrogens with zero attached hydrogens (tertiary/aromatic N) is 5. The third-order valence-electron chi connectivity index (χ3n) is 8.39. The molecule has 5 heterocycles. The zero-order chi connectivity index (χ0) is 36.1. The highest BCUT2D eigenvalue weighted by Crippen LogP contribution is 2.35. The zero-order valence-electron chi connectivity index (χ0n) is 30.7. The summed E-state index contributed by atoms with van der Waals surface area (Å²) < 4.78 is 0. The third-order valence-corrected chi connectivity index (χ3v) is 8.39. The molecule has 0 bridgehead atoms. The summed E-state index contributed by atoms with van der Waals surface area (Å²) in [4.78, 5) is 26.2. The van der Waals surface area contributed by atoms with E-state index in [1.165, 1.54) is 32.4 Å². The topological polar surface area (TPSA) is 97.3 Å². The molecule has 2 atom stereocenters. The molecule has 2 unspecified atom stereocenters. The van der Waals surface area contributed by atoms with Gasteiger partial charge < -0.3 is 15.5 Å². The van der Waals surface area contributed by atoms with Crippen LogP contribution in [0, 0.1) is 0 Å². The third kappa shape index (κ3) is 11.7. The highest BCUT2D eigenvalue weighted by Gasteiger charge is 2.28. The van der Waals surface area contributed by atoms with Crippen molar-refractivity contribution >= 4 is 35.8 Å². The summed E-state index contributed by atoms with van der Waals surface area (Å²) in [7, 11) is 2.08. The minimum atomic E-state index is 0.209. The number of hydrogen-bond donors (Lipinski definition) is 3. The van der Waals surface area contributed by atoms with E-state index in [2.05, 4.69) is 101 Å². The van der Waals surface area contributed by atoms with Crippen LogP contribution in [0.2, 0.25) is 0 Å². The highest BCUT2D eigenvalue weighted by molar-refractivity contribution is 5.95. The molecule has 3 N–H and O–H groups in total. The van der Waals surface area contributed by atoms with E-state index in [-0.39, 0.29) is 6.04 Å². The van der Waals surface area contributed by atoms with Gasteiger partial charge in [0.2, 0.25) is 6.41 Å². The van der Waals surface area contributed by atoms with Crippen LogP contribution in [0.3, 0.4) is 0 Å². The molecular formula is C41H56N8O. The number of allylic oxidation sites excluding steroid dienone is 8. The number of pyridine rings is 1. The summed E-state index contributed by atoms with van der Waals surface area (Å²) in [5.74, 6) is 1.77. The van der Waals surface area contributed by atoms with E-state index in [4.69, 9.17) is 4.98 Å². The molecule has 9 nitrogen and oxygen atoms in total. The molecule has 9 heteroatoms. The average Bonchev–Trinajstić information content (AvgIpc) is 3.29. The van der Waals surface area contributed by atoms with Crippen LogP contribution in [-0.4, -0.2) is 74.0 Å². The van der Waals surface area contributed by atoms with Gasteiger partial charge in [-0.25, -0.2) is 20.4 Å². The number of aliphatic imine (C=N–C) groups is 2. The number of carbonyl (C=O) groups excluding carboxylic acids is 1. The van der Waals surface area contributed by atoms with Crippen LogP contribution in [0.15, 0.2) is 107 Å². The summed E-state index contributed by atoms with van der Waals surface area (Å²) in [5, 5.41) is 8.01. The van der Waals surface area contributed by atoms with Crippen LogP contribution in [0.25, 0.3) is 11.1 Å². The number of likely N-dealkylation sites (tertiary alicyclic amines) is 1. The lowest BCUT2D eigenvalue weighted by Gasteiger charge is -2.26. The van der Waals surface area contributed by atoms with Crippen molar-refractivity contribution in [1.29, 1.82) is 0 Å². The molecule has 0 radical (unpaired) electrons. The van der Waals surface area contributed by atoms with Crippen molar-refractivity contribution < 1.29 is 4.79 Å². The van der Waals surface area contributed by atoms with Crippen LogP contribution in [0.5, 0.6) is 0 Å². The lowest BCUT2D eigenvalue weighted by molar-refractivity contribution is -0.109. The molecule has 4 aliphatic rings. The fourth-order valence-electron chi connectivity index (χ4n) is 5.93. The molecule has 1 amide bonds. The Balaban J connectivity index is 0.000000439. The minimum Gasteiger partial charge on any atom is -0.355 e. The van der Waals surface area contributed by atoms with Crippen LogP contribution in [0.1, 0.15) is 76.6 Å². The lowest BCUT2D eigenvalue weighted by atomic mass is 9.95. The van der Waals surface area contributed by atoms with Gasteiger partial charge in [0.15, 0.2) is 5.82 Å². The maximum absolute atomic E-state index is 9.92. The second-order valence-electron chi connectivity index (χ2n) is 11.9.